The minimum atomic E-state index is 0.386. The van der Waals surface area contributed by atoms with Crippen LogP contribution >= 0.6 is 11.3 Å². The van der Waals surface area contributed by atoms with Crippen LogP contribution in [0.2, 0.25) is 0 Å². The molecule has 1 aromatic heterocycles. The molecule has 0 saturated heterocycles. The summed E-state index contributed by atoms with van der Waals surface area (Å²) < 4.78 is 5.46. The van der Waals surface area contributed by atoms with E-state index in [1.54, 1.807) is 17.4 Å². The summed E-state index contributed by atoms with van der Waals surface area (Å²) >= 11 is 1.79. The molecule has 1 N–H and O–H groups in total. The van der Waals surface area contributed by atoms with Crippen molar-refractivity contribution in [1.29, 1.82) is 0 Å². The molecule has 0 fully saturated rings. The number of rotatable bonds is 7. The van der Waals surface area contributed by atoms with Crippen LogP contribution in [0.4, 0.5) is 0 Å². The van der Waals surface area contributed by atoms with E-state index >= 15 is 0 Å². The zero-order valence-electron chi connectivity index (χ0n) is 11.1. The number of nitrogens with one attached hydrogen (secondary N) is 1. The van der Waals surface area contributed by atoms with E-state index in [2.05, 4.69) is 48.5 Å². The van der Waals surface area contributed by atoms with Crippen molar-refractivity contribution in [3.63, 3.8) is 0 Å². The first-order valence-electron chi connectivity index (χ1n) is 6.39. The average Bonchev–Trinajstić information content (AvgIpc) is 2.98. The van der Waals surface area contributed by atoms with E-state index in [-0.39, 0.29) is 0 Å². The molecule has 100 valence electrons. The van der Waals surface area contributed by atoms with Crippen molar-refractivity contribution in [2.24, 2.45) is 0 Å². The molecule has 0 aliphatic rings. The summed E-state index contributed by atoms with van der Waals surface area (Å²) in [4.78, 5) is 1.37. The van der Waals surface area contributed by atoms with Crippen LogP contribution in [0.15, 0.2) is 54.4 Å². The molecule has 3 heteroatoms. The second-order valence-corrected chi connectivity index (χ2v) is 5.34. The summed E-state index contributed by atoms with van der Waals surface area (Å²) in [6.07, 6.45) is 1.75. The lowest BCUT2D eigenvalue weighted by atomic mass is 10.2. The Kier molecular flexibility index (Phi) is 5.19. The van der Waals surface area contributed by atoms with Gasteiger partial charge >= 0.3 is 0 Å². The maximum absolute atomic E-state index is 5.46. The second kappa shape index (κ2) is 7.12. The predicted molar refractivity (Wildman–Crippen MR) is 81.7 cm³/mol. The molecular weight excluding hydrogens is 254 g/mol. The van der Waals surface area contributed by atoms with Crippen LogP contribution in [0.25, 0.3) is 0 Å². The number of hydrogen-bond donors (Lipinski definition) is 1. The van der Waals surface area contributed by atoms with E-state index in [4.69, 9.17) is 4.74 Å². The molecule has 0 amide bonds. The minimum absolute atomic E-state index is 0.386. The summed E-state index contributed by atoms with van der Waals surface area (Å²) in [6, 6.07) is 12.8. The van der Waals surface area contributed by atoms with Gasteiger partial charge in [0.1, 0.15) is 12.4 Å². The fourth-order valence-corrected chi connectivity index (χ4v) is 2.53. The Hall–Kier alpha value is -1.58. The third kappa shape index (κ3) is 4.23. The van der Waals surface area contributed by atoms with Gasteiger partial charge in [0.15, 0.2) is 0 Å². The SMILES string of the molecule is C=CCOc1ccc(CNC(C)c2cccs2)cc1. The topological polar surface area (TPSA) is 21.3 Å². The van der Waals surface area contributed by atoms with Crippen LogP contribution in [0.5, 0.6) is 5.75 Å². The van der Waals surface area contributed by atoms with Gasteiger partial charge in [0.05, 0.1) is 0 Å². The largest absolute Gasteiger partial charge is 0.490 e. The summed E-state index contributed by atoms with van der Waals surface area (Å²) in [6.45, 7) is 7.23. The smallest absolute Gasteiger partial charge is 0.119 e. The summed E-state index contributed by atoms with van der Waals surface area (Å²) in [5, 5.41) is 5.63. The molecule has 1 unspecified atom stereocenters. The first-order chi connectivity index (χ1) is 9.29. The second-order valence-electron chi connectivity index (χ2n) is 4.36. The van der Waals surface area contributed by atoms with Gasteiger partial charge in [0, 0.05) is 17.5 Å². The Labute approximate surface area is 118 Å². The quantitative estimate of drug-likeness (QED) is 0.765. The lowest BCUT2D eigenvalue weighted by molar-refractivity contribution is 0.363. The maximum Gasteiger partial charge on any atom is 0.119 e. The lowest BCUT2D eigenvalue weighted by Gasteiger charge is -2.12. The van der Waals surface area contributed by atoms with Crippen molar-refractivity contribution >= 4 is 11.3 Å². The normalized spacial score (nSPS) is 12.1. The van der Waals surface area contributed by atoms with Gasteiger partial charge in [-0.1, -0.05) is 30.9 Å². The summed E-state index contributed by atoms with van der Waals surface area (Å²) in [5.41, 5.74) is 1.26. The van der Waals surface area contributed by atoms with Crippen LogP contribution in [0, 0.1) is 0 Å². The number of hydrogen-bond acceptors (Lipinski definition) is 3. The fraction of sp³-hybridized carbons (Fsp3) is 0.250. The van der Waals surface area contributed by atoms with Crippen molar-refractivity contribution in [3.8, 4) is 5.75 Å². The zero-order chi connectivity index (χ0) is 13.5. The van der Waals surface area contributed by atoms with Gasteiger partial charge < -0.3 is 10.1 Å². The van der Waals surface area contributed by atoms with E-state index < -0.39 is 0 Å². The molecule has 0 bridgehead atoms. The maximum atomic E-state index is 5.46. The Morgan fingerprint density at radius 2 is 2.11 bits per heavy atom. The molecule has 1 heterocycles. The zero-order valence-corrected chi connectivity index (χ0v) is 12.0. The van der Waals surface area contributed by atoms with Crippen molar-refractivity contribution in [2.45, 2.75) is 19.5 Å². The molecule has 2 nitrogen and oxygen atoms in total. The number of benzene rings is 1. The molecule has 0 aliphatic heterocycles. The van der Waals surface area contributed by atoms with Gasteiger partial charge in [-0.15, -0.1) is 11.3 Å². The van der Waals surface area contributed by atoms with Gasteiger partial charge in [-0.3, -0.25) is 0 Å². The van der Waals surface area contributed by atoms with Crippen LogP contribution < -0.4 is 10.1 Å². The van der Waals surface area contributed by atoms with Gasteiger partial charge in [-0.25, -0.2) is 0 Å². The van der Waals surface area contributed by atoms with E-state index in [0.29, 0.717) is 12.6 Å². The third-order valence-corrected chi connectivity index (χ3v) is 3.93. The highest BCUT2D eigenvalue weighted by Gasteiger charge is 2.05. The lowest BCUT2D eigenvalue weighted by Crippen LogP contribution is -2.17. The Morgan fingerprint density at radius 1 is 1.32 bits per heavy atom. The van der Waals surface area contributed by atoms with E-state index in [9.17, 15) is 0 Å². The third-order valence-electron chi connectivity index (χ3n) is 2.87. The molecule has 19 heavy (non-hydrogen) atoms. The molecule has 2 rings (SSSR count). The van der Waals surface area contributed by atoms with Gasteiger partial charge in [0.25, 0.3) is 0 Å². The molecule has 2 aromatic rings. The van der Waals surface area contributed by atoms with Crippen LogP contribution in [0.1, 0.15) is 23.4 Å². The van der Waals surface area contributed by atoms with Crippen LogP contribution in [-0.4, -0.2) is 6.61 Å². The highest BCUT2D eigenvalue weighted by molar-refractivity contribution is 7.10. The molecule has 1 aromatic carbocycles. The van der Waals surface area contributed by atoms with Crippen molar-refractivity contribution < 1.29 is 4.74 Å². The monoisotopic (exact) mass is 273 g/mol. The van der Waals surface area contributed by atoms with Gasteiger partial charge in [-0.2, -0.15) is 0 Å². The van der Waals surface area contributed by atoms with Crippen molar-refractivity contribution in [2.75, 3.05) is 6.61 Å². The molecule has 0 spiro atoms. The molecule has 1 atom stereocenters. The van der Waals surface area contributed by atoms with Crippen molar-refractivity contribution in [1.82, 2.24) is 5.32 Å². The Bertz CT molecular complexity index is 490. The fourth-order valence-electron chi connectivity index (χ4n) is 1.77. The molecule has 0 saturated carbocycles. The van der Waals surface area contributed by atoms with Gasteiger partial charge in [-0.05, 0) is 36.1 Å². The summed E-state index contributed by atoms with van der Waals surface area (Å²) in [7, 11) is 0. The first kappa shape index (κ1) is 13.8. The predicted octanol–water partition coefficient (Wildman–Crippen LogP) is 4.16. The van der Waals surface area contributed by atoms with Crippen LogP contribution in [0.3, 0.4) is 0 Å². The minimum Gasteiger partial charge on any atom is -0.490 e. The van der Waals surface area contributed by atoms with Crippen LogP contribution in [-0.2, 0) is 6.54 Å². The molecule has 0 radical (unpaired) electrons. The Morgan fingerprint density at radius 3 is 2.74 bits per heavy atom. The van der Waals surface area contributed by atoms with E-state index in [1.807, 2.05) is 12.1 Å². The highest BCUT2D eigenvalue weighted by atomic mass is 32.1. The Balaban J connectivity index is 1.84. The van der Waals surface area contributed by atoms with Gasteiger partial charge in [0.2, 0.25) is 0 Å². The number of ether oxygens (including phenoxy) is 1. The standard InChI is InChI=1S/C16H19NOS/c1-3-10-18-15-8-6-14(7-9-15)12-17-13(2)16-5-4-11-19-16/h3-9,11,13,17H,1,10,12H2,2H3. The molecular formula is C16H19NOS. The summed E-state index contributed by atoms with van der Waals surface area (Å²) in [5.74, 6) is 0.884. The van der Waals surface area contributed by atoms with Crippen molar-refractivity contribution in [3.05, 3.63) is 64.9 Å². The first-order valence-corrected chi connectivity index (χ1v) is 7.27. The average molecular weight is 273 g/mol. The number of thiophene rings is 1. The molecule has 0 aliphatic carbocycles. The highest BCUT2D eigenvalue weighted by Crippen LogP contribution is 2.19. The van der Waals surface area contributed by atoms with E-state index in [1.165, 1.54) is 10.4 Å². The van der Waals surface area contributed by atoms with E-state index in [0.717, 1.165) is 12.3 Å².